The Morgan fingerprint density at radius 3 is 1.73 bits per heavy atom. The van der Waals surface area contributed by atoms with Crippen molar-refractivity contribution in [3.8, 4) is 0 Å². The molecule has 13 heteroatoms. The number of unbranched alkanes of at least 4 members (excludes halogenated alkanes) is 15. The predicted molar refractivity (Wildman–Crippen MR) is 234 cm³/mol. The van der Waals surface area contributed by atoms with Crippen molar-refractivity contribution in [2.45, 2.75) is 198 Å². The fourth-order valence-corrected chi connectivity index (χ4v) is 6.99. The molecule has 0 saturated carbocycles. The van der Waals surface area contributed by atoms with E-state index in [0.717, 1.165) is 89.9 Å². The third-order valence-electron chi connectivity index (χ3n) is 9.87. The molecule has 0 spiro atoms. The number of esters is 1. The maximum Gasteiger partial charge on any atom is 0.397 e. The fraction of sp³-hybridized carbons (Fsp3) is 0.761. The molecule has 1 fully saturated rings. The summed E-state index contributed by atoms with van der Waals surface area (Å²) in [5.74, 6) is -0.418. The maximum absolute atomic E-state index is 12.8. The molecule has 1 heterocycles. The Hall–Kier alpha value is -2.20. The molecule has 0 aromatic carbocycles. The van der Waals surface area contributed by atoms with Gasteiger partial charge in [-0.25, -0.2) is 4.18 Å². The molecule has 59 heavy (non-hydrogen) atoms. The van der Waals surface area contributed by atoms with Crippen LogP contribution in [0.15, 0.2) is 60.8 Å². The van der Waals surface area contributed by atoms with E-state index in [1.165, 1.54) is 44.9 Å². The SMILES string of the molecule is CC/C=C\C/C=C\C/C=C\C/C=C\CCCCCCCCC(=O)OC(COCCCCCCCC/C=C\CCCCC)COC1OC(CO)C(O)C(OS(=O)(=O)O)C1O. The second kappa shape index (κ2) is 37.6. The van der Waals surface area contributed by atoms with Crippen LogP contribution in [0.25, 0.3) is 0 Å². The zero-order valence-electron chi connectivity index (χ0n) is 36.3. The van der Waals surface area contributed by atoms with Crippen molar-refractivity contribution in [3.05, 3.63) is 60.8 Å². The molecule has 0 amide bonds. The zero-order chi connectivity index (χ0) is 43.2. The minimum atomic E-state index is -5.07. The van der Waals surface area contributed by atoms with Crippen LogP contribution in [-0.4, -0.2) is 97.5 Å². The number of carbonyl (C=O) groups is 1. The van der Waals surface area contributed by atoms with Gasteiger partial charge in [0, 0.05) is 13.0 Å². The van der Waals surface area contributed by atoms with Crippen LogP contribution < -0.4 is 0 Å². The van der Waals surface area contributed by atoms with Crippen LogP contribution in [0.2, 0.25) is 0 Å². The van der Waals surface area contributed by atoms with Crippen LogP contribution in [0.1, 0.15) is 162 Å². The van der Waals surface area contributed by atoms with Crippen LogP contribution >= 0.6 is 0 Å². The Labute approximate surface area is 357 Å². The zero-order valence-corrected chi connectivity index (χ0v) is 37.1. The molecule has 6 atom stereocenters. The van der Waals surface area contributed by atoms with E-state index in [0.29, 0.717) is 13.0 Å². The molecule has 0 radical (unpaired) electrons. The van der Waals surface area contributed by atoms with Crippen molar-refractivity contribution in [3.63, 3.8) is 0 Å². The molecular formula is C46H80O12S. The number of aliphatic hydroxyl groups is 3. The van der Waals surface area contributed by atoms with Gasteiger partial charge in [0.25, 0.3) is 0 Å². The predicted octanol–water partition coefficient (Wildman–Crippen LogP) is 9.35. The van der Waals surface area contributed by atoms with Crippen molar-refractivity contribution < 1.29 is 56.2 Å². The number of rotatable bonds is 38. The largest absolute Gasteiger partial charge is 0.457 e. The molecule has 1 saturated heterocycles. The lowest BCUT2D eigenvalue weighted by atomic mass is 9.99. The van der Waals surface area contributed by atoms with E-state index in [9.17, 15) is 28.5 Å². The molecule has 12 nitrogen and oxygen atoms in total. The first-order valence-corrected chi connectivity index (χ1v) is 23.9. The lowest BCUT2D eigenvalue weighted by Crippen LogP contribution is -2.60. The highest BCUT2D eigenvalue weighted by atomic mass is 32.3. The minimum absolute atomic E-state index is 0.0232. The Morgan fingerprint density at radius 1 is 0.661 bits per heavy atom. The summed E-state index contributed by atoms with van der Waals surface area (Å²) in [6.07, 6.45) is 36.8. The van der Waals surface area contributed by atoms with Gasteiger partial charge in [0.1, 0.15) is 30.5 Å². The van der Waals surface area contributed by atoms with Crippen LogP contribution in [0.5, 0.6) is 0 Å². The molecule has 0 bridgehead atoms. The average molecular weight is 857 g/mol. The van der Waals surface area contributed by atoms with E-state index in [2.05, 4.69) is 78.8 Å². The summed E-state index contributed by atoms with van der Waals surface area (Å²) in [5.41, 5.74) is 0. The summed E-state index contributed by atoms with van der Waals surface area (Å²) < 4.78 is 59.0. The molecule has 342 valence electrons. The van der Waals surface area contributed by atoms with Crippen molar-refractivity contribution in [2.75, 3.05) is 26.4 Å². The number of hydrogen-bond acceptors (Lipinski definition) is 11. The number of ether oxygens (including phenoxy) is 4. The molecule has 0 aromatic rings. The van der Waals surface area contributed by atoms with Crippen molar-refractivity contribution in [1.82, 2.24) is 0 Å². The third kappa shape index (κ3) is 31.3. The van der Waals surface area contributed by atoms with Crippen LogP contribution in [0, 0.1) is 0 Å². The average Bonchev–Trinajstić information content (AvgIpc) is 3.20. The van der Waals surface area contributed by atoms with Crippen LogP contribution in [-0.2, 0) is 38.3 Å². The van der Waals surface area contributed by atoms with Gasteiger partial charge in [0.05, 0.1) is 19.8 Å². The van der Waals surface area contributed by atoms with E-state index in [1.54, 1.807) is 0 Å². The van der Waals surface area contributed by atoms with Gasteiger partial charge in [-0.05, 0) is 77.0 Å². The molecule has 1 aliphatic heterocycles. The molecule has 6 unspecified atom stereocenters. The lowest BCUT2D eigenvalue weighted by molar-refractivity contribution is -0.301. The summed E-state index contributed by atoms with van der Waals surface area (Å²) in [6, 6.07) is 0. The molecule has 1 aliphatic rings. The first kappa shape index (κ1) is 54.8. The third-order valence-corrected chi connectivity index (χ3v) is 10.3. The van der Waals surface area contributed by atoms with Crippen LogP contribution in [0.4, 0.5) is 0 Å². The van der Waals surface area contributed by atoms with E-state index in [4.69, 9.17) is 23.5 Å². The van der Waals surface area contributed by atoms with Gasteiger partial charge in [-0.3, -0.25) is 9.35 Å². The van der Waals surface area contributed by atoms with E-state index in [-0.39, 0.29) is 19.6 Å². The monoisotopic (exact) mass is 857 g/mol. The molecule has 0 aliphatic carbocycles. The van der Waals surface area contributed by atoms with Crippen molar-refractivity contribution in [2.24, 2.45) is 0 Å². The van der Waals surface area contributed by atoms with Crippen LogP contribution in [0.3, 0.4) is 0 Å². The smallest absolute Gasteiger partial charge is 0.397 e. The van der Waals surface area contributed by atoms with Gasteiger partial charge in [0.2, 0.25) is 0 Å². The molecule has 1 rings (SSSR count). The first-order chi connectivity index (χ1) is 28.6. The van der Waals surface area contributed by atoms with Gasteiger partial charge in [-0.1, -0.05) is 139 Å². The number of carbonyl (C=O) groups excluding carboxylic acids is 1. The van der Waals surface area contributed by atoms with Crippen molar-refractivity contribution in [1.29, 1.82) is 0 Å². The molecular weight excluding hydrogens is 777 g/mol. The standard InChI is InChI=1S/C46H80O12S/c1-3-5-7-9-11-13-15-17-18-19-20-21-22-23-25-27-29-31-33-35-42(48)56-40(38-54-36-34-32-30-28-26-24-16-14-12-10-8-6-4-2)39-55-46-44(50)45(58-59(51,52)53)43(49)41(37-47)57-46/h5,7,11-14,17-18,20-21,40-41,43-47,49-50H,3-4,6,8-10,15-16,19,22-39H2,1-2H3,(H,51,52,53)/b7-5-,13-11-,14-12-,18-17-,21-20-. The summed E-state index contributed by atoms with van der Waals surface area (Å²) in [5, 5.41) is 30.6. The van der Waals surface area contributed by atoms with Gasteiger partial charge in [-0.2, -0.15) is 8.42 Å². The molecule has 4 N–H and O–H groups in total. The number of hydrogen-bond donors (Lipinski definition) is 4. The number of allylic oxidation sites excluding steroid dienone is 10. The number of aliphatic hydroxyl groups excluding tert-OH is 3. The summed E-state index contributed by atoms with van der Waals surface area (Å²) >= 11 is 0. The topological polar surface area (TPSA) is 178 Å². The quantitative estimate of drug-likeness (QED) is 0.0201. The highest BCUT2D eigenvalue weighted by Crippen LogP contribution is 2.26. The Morgan fingerprint density at radius 2 is 1.17 bits per heavy atom. The second-order valence-corrected chi connectivity index (χ2v) is 16.3. The van der Waals surface area contributed by atoms with E-state index >= 15 is 0 Å². The summed E-state index contributed by atoms with van der Waals surface area (Å²) in [6.45, 7) is 3.81. The minimum Gasteiger partial charge on any atom is -0.457 e. The first-order valence-electron chi connectivity index (χ1n) is 22.5. The van der Waals surface area contributed by atoms with Crippen molar-refractivity contribution >= 4 is 16.4 Å². The summed E-state index contributed by atoms with van der Waals surface area (Å²) in [4.78, 5) is 12.8. The highest BCUT2D eigenvalue weighted by molar-refractivity contribution is 7.80. The normalized spacial score (nSPS) is 20.9. The Kier molecular flexibility index (Phi) is 34.9. The Balaban J connectivity index is 2.44. The Bertz CT molecular complexity index is 1260. The fourth-order valence-electron chi connectivity index (χ4n) is 6.48. The summed E-state index contributed by atoms with van der Waals surface area (Å²) in [7, 11) is -5.07. The van der Waals surface area contributed by atoms with Gasteiger partial charge < -0.3 is 34.3 Å². The van der Waals surface area contributed by atoms with E-state index in [1.807, 2.05) is 0 Å². The van der Waals surface area contributed by atoms with Gasteiger partial charge in [0.15, 0.2) is 6.29 Å². The lowest BCUT2D eigenvalue weighted by Gasteiger charge is -2.41. The van der Waals surface area contributed by atoms with Gasteiger partial charge in [-0.15, -0.1) is 0 Å². The molecule has 0 aromatic heterocycles. The van der Waals surface area contributed by atoms with E-state index < -0.39 is 59.8 Å². The highest BCUT2D eigenvalue weighted by Gasteiger charge is 2.48. The maximum atomic E-state index is 12.8. The second-order valence-electron chi connectivity index (χ2n) is 15.3. The van der Waals surface area contributed by atoms with Gasteiger partial charge >= 0.3 is 16.4 Å².